The first-order valence-electron chi connectivity index (χ1n) is 16.0. The van der Waals surface area contributed by atoms with Crippen molar-refractivity contribution >= 4 is 0 Å². The van der Waals surface area contributed by atoms with Gasteiger partial charge in [0.15, 0.2) is 6.29 Å². The second kappa shape index (κ2) is 11.1. The van der Waals surface area contributed by atoms with Gasteiger partial charge in [-0.25, -0.2) is 0 Å². The van der Waals surface area contributed by atoms with Crippen LogP contribution in [0.25, 0.3) is 0 Å². The van der Waals surface area contributed by atoms with Crippen molar-refractivity contribution in [2.24, 2.45) is 46.3 Å². The smallest absolute Gasteiger partial charge is 0.186 e. The largest absolute Gasteiger partial charge is 0.391 e. The van der Waals surface area contributed by atoms with Gasteiger partial charge in [-0.2, -0.15) is 0 Å². The van der Waals surface area contributed by atoms with Gasteiger partial charge in [0.25, 0.3) is 0 Å². The molecule has 5 nitrogen and oxygen atoms in total. The van der Waals surface area contributed by atoms with E-state index < -0.39 is 30.7 Å². The third-order valence-corrected chi connectivity index (χ3v) is 12.3. The number of allylic oxidation sites excluding steroid dienone is 1. The number of ether oxygens (including phenoxy) is 2. The Hall–Kier alpha value is -0.460. The topological polar surface area (TPSA) is 79.2 Å². The molecule has 1 heterocycles. The molecule has 0 bridgehead atoms. The summed E-state index contributed by atoms with van der Waals surface area (Å²) in [6.07, 6.45) is 11.7. The fourth-order valence-corrected chi connectivity index (χ4v) is 10.1. The molecule has 13 atom stereocenters. The van der Waals surface area contributed by atoms with E-state index in [1.54, 1.807) is 12.5 Å². The SMILES string of the molecule is CC(C)CCC[C@@H](C)[C@H]1CC[C@H]2[C@@H]3CC=C4C[C@@H](O[C@@H]5O[C@@H]([C@@H](C)O)[C@H](O)[C@H]5O)CC[C@]4(C)[C@H]3CC[C@]12C. The fourth-order valence-electron chi connectivity index (χ4n) is 10.1. The molecule has 0 aromatic rings. The Morgan fingerprint density at radius 2 is 1.74 bits per heavy atom. The number of aliphatic hydroxyl groups excluding tert-OH is 3. The summed E-state index contributed by atoms with van der Waals surface area (Å²) in [4.78, 5) is 0. The molecular weight excluding hydrogens is 476 g/mol. The van der Waals surface area contributed by atoms with Gasteiger partial charge in [0.05, 0.1) is 12.2 Å². The van der Waals surface area contributed by atoms with Crippen LogP contribution in [-0.4, -0.2) is 52.1 Å². The first-order valence-corrected chi connectivity index (χ1v) is 16.0. The maximum atomic E-state index is 10.5. The van der Waals surface area contributed by atoms with Crippen LogP contribution in [-0.2, 0) is 9.47 Å². The monoisotopic (exact) mass is 532 g/mol. The molecule has 0 aromatic heterocycles. The molecule has 4 fully saturated rings. The predicted octanol–water partition coefficient (Wildman–Crippen LogP) is 6.24. The third kappa shape index (κ3) is 5.06. The molecule has 218 valence electrons. The number of rotatable bonds is 8. The summed E-state index contributed by atoms with van der Waals surface area (Å²) in [5.74, 6) is 5.00. The molecule has 3 N–H and O–H groups in total. The number of hydrogen-bond donors (Lipinski definition) is 3. The second-order valence-electron chi connectivity index (χ2n) is 15.0. The number of hydrogen-bond acceptors (Lipinski definition) is 5. The van der Waals surface area contributed by atoms with Crippen molar-refractivity contribution in [2.75, 3.05) is 0 Å². The Balaban J connectivity index is 1.23. The summed E-state index contributed by atoms with van der Waals surface area (Å²) in [5.41, 5.74) is 2.31. The Labute approximate surface area is 231 Å². The van der Waals surface area contributed by atoms with E-state index in [1.807, 2.05) is 0 Å². The van der Waals surface area contributed by atoms with Gasteiger partial charge >= 0.3 is 0 Å². The maximum absolute atomic E-state index is 10.5. The highest BCUT2D eigenvalue weighted by Gasteiger charge is 2.59. The van der Waals surface area contributed by atoms with Gasteiger partial charge in [0, 0.05) is 0 Å². The Bertz CT molecular complexity index is 854. The van der Waals surface area contributed by atoms with Gasteiger partial charge in [0.2, 0.25) is 0 Å². The van der Waals surface area contributed by atoms with Crippen molar-refractivity contribution in [1.82, 2.24) is 0 Å². The maximum Gasteiger partial charge on any atom is 0.186 e. The van der Waals surface area contributed by atoms with Gasteiger partial charge in [-0.15, -0.1) is 0 Å². The summed E-state index contributed by atoms with van der Waals surface area (Å²) < 4.78 is 12.0. The standard InChI is InChI=1S/C33H56O5/c1-19(2)8-7-9-20(3)25-12-13-26-24-11-10-22-18-23(37-31-29(36)28(35)30(38-31)21(4)34)14-16-32(22,5)27(24)15-17-33(25,26)6/h10,19-21,23-31,34-36H,7-9,11-18H2,1-6H3/t20-,21-,23+,24+,25-,26+,27+,28-,29-,30+,31-,32+,33-/m1/s1. The van der Waals surface area contributed by atoms with E-state index in [2.05, 4.69) is 40.7 Å². The quantitative estimate of drug-likeness (QED) is 0.323. The van der Waals surface area contributed by atoms with Crippen LogP contribution in [0.1, 0.15) is 112 Å². The van der Waals surface area contributed by atoms with Crippen LogP contribution in [0.5, 0.6) is 0 Å². The Morgan fingerprint density at radius 1 is 0.974 bits per heavy atom. The molecule has 0 amide bonds. The molecule has 4 aliphatic carbocycles. The molecule has 0 unspecified atom stereocenters. The average Bonchev–Trinajstić information content (AvgIpc) is 3.35. The molecule has 0 radical (unpaired) electrons. The highest BCUT2D eigenvalue weighted by Crippen LogP contribution is 2.67. The van der Waals surface area contributed by atoms with E-state index in [9.17, 15) is 15.3 Å². The third-order valence-electron chi connectivity index (χ3n) is 12.3. The van der Waals surface area contributed by atoms with Gasteiger partial charge in [0.1, 0.15) is 18.3 Å². The van der Waals surface area contributed by atoms with Crippen molar-refractivity contribution in [1.29, 1.82) is 0 Å². The van der Waals surface area contributed by atoms with Gasteiger partial charge in [-0.3, -0.25) is 0 Å². The lowest BCUT2D eigenvalue weighted by Gasteiger charge is -2.58. The zero-order valence-electron chi connectivity index (χ0n) is 24.9. The van der Waals surface area contributed by atoms with Gasteiger partial charge in [-0.05, 0) is 105 Å². The molecule has 5 rings (SSSR count). The van der Waals surface area contributed by atoms with Gasteiger partial charge in [-0.1, -0.05) is 65.5 Å². The highest BCUT2D eigenvalue weighted by molar-refractivity contribution is 5.25. The number of aliphatic hydroxyl groups is 3. The summed E-state index contributed by atoms with van der Waals surface area (Å²) in [5, 5.41) is 30.6. The molecule has 38 heavy (non-hydrogen) atoms. The first-order chi connectivity index (χ1) is 18.0. The summed E-state index contributed by atoms with van der Waals surface area (Å²) in [6.45, 7) is 14.0. The number of fused-ring (bicyclic) bond motifs is 5. The highest BCUT2D eigenvalue weighted by atomic mass is 16.7. The minimum Gasteiger partial charge on any atom is -0.391 e. The van der Waals surface area contributed by atoms with Crippen LogP contribution < -0.4 is 0 Å². The molecular formula is C33H56O5. The van der Waals surface area contributed by atoms with E-state index in [0.717, 1.165) is 54.8 Å². The fraction of sp³-hybridized carbons (Fsp3) is 0.939. The van der Waals surface area contributed by atoms with Crippen LogP contribution in [0.3, 0.4) is 0 Å². The van der Waals surface area contributed by atoms with Crippen LogP contribution in [0.15, 0.2) is 11.6 Å². The lowest BCUT2D eigenvalue weighted by Crippen LogP contribution is -2.51. The Kier molecular flexibility index (Phi) is 8.47. The molecule has 1 aliphatic heterocycles. The lowest BCUT2D eigenvalue weighted by atomic mass is 9.47. The van der Waals surface area contributed by atoms with Crippen LogP contribution >= 0.6 is 0 Å². The molecule has 3 saturated carbocycles. The predicted molar refractivity (Wildman–Crippen MR) is 150 cm³/mol. The molecule has 5 heteroatoms. The molecule has 5 aliphatic rings. The van der Waals surface area contributed by atoms with Crippen molar-refractivity contribution < 1.29 is 24.8 Å². The van der Waals surface area contributed by atoms with Crippen LogP contribution in [0.2, 0.25) is 0 Å². The first kappa shape index (κ1) is 29.0. The molecule has 1 saturated heterocycles. The van der Waals surface area contributed by atoms with Crippen molar-refractivity contribution in [2.45, 2.75) is 149 Å². The zero-order valence-corrected chi connectivity index (χ0v) is 24.9. The van der Waals surface area contributed by atoms with E-state index in [0.29, 0.717) is 5.41 Å². The van der Waals surface area contributed by atoms with E-state index >= 15 is 0 Å². The van der Waals surface area contributed by atoms with Crippen molar-refractivity contribution in [3.05, 3.63) is 11.6 Å². The van der Waals surface area contributed by atoms with E-state index in [-0.39, 0.29) is 11.5 Å². The van der Waals surface area contributed by atoms with Crippen molar-refractivity contribution in [3.8, 4) is 0 Å². The Morgan fingerprint density at radius 3 is 2.42 bits per heavy atom. The van der Waals surface area contributed by atoms with Crippen molar-refractivity contribution in [3.63, 3.8) is 0 Å². The summed E-state index contributed by atoms with van der Waals surface area (Å²) >= 11 is 0. The van der Waals surface area contributed by atoms with Crippen LogP contribution in [0, 0.1) is 46.3 Å². The second-order valence-corrected chi connectivity index (χ2v) is 15.0. The molecule has 0 spiro atoms. The summed E-state index contributed by atoms with van der Waals surface area (Å²) in [6, 6.07) is 0. The van der Waals surface area contributed by atoms with Gasteiger partial charge < -0.3 is 24.8 Å². The van der Waals surface area contributed by atoms with Crippen LogP contribution in [0.4, 0.5) is 0 Å². The van der Waals surface area contributed by atoms with E-state index in [1.165, 1.54) is 51.4 Å². The normalized spacial score (nSPS) is 48.3. The lowest BCUT2D eigenvalue weighted by molar-refractivity contribution is -0.205. The average molecular weight is 533 g/mol. The molecule has 0 aromatic carbocycles. The minimum absolute atomic E-state index is 0.0121. The van der Waals surface area contributed by atoms with E-state index in [4.69, 9.17) is 9.47 Å². The minimum atomic E-state index is -1.12. The zero-order chi connectivity index (χ0) is 27.4. The summed E-state index contributed by atoms with van der Waals surface area (Å²) in [7, 11) is 0.